The van der Waals surface area contributed by atoms with Gasteiger partial charge in [-0.1, -0.05) is 5.21 Å². The number of nitrogens with zero attached hydrogens (tertiary/aromatic N) is 5. The third kappa shape index (κ3) is 2.45. The summed E-state index contributed by atoms with van der Waals surface area (Å²) in [6.07, 6.45) is 3.65. The van der Waals surface area contributed by atoms with Crippen LogP contribution in [0.4, 0.5) is 4.39 Å². The van der Waals surface area contributed by atoms with Crippen LogP contribution in [-0.2, 0) is 0 Å². The smallest absolute Gasteiger partial charge is 0.358 e. The highest BCUT2D eigenvalue weighted by Gasteiger charge is 2.33. The maximum Gasteiger partial charge on any atom is 0.358 e. The highest BCUT2D eigenvalue weighted by Crippen LogP contribution is 2.22. The molecule has 0 unspecified atom stereocenters. The van der Waals surface area contributed by atoms with Crippen molar-refractivity contribution in [2.24, 2.45) is 0 Å². The predicted octanol–water partition coefficient (Wildman–Crippen LogP) is 0.208. The van der Waals surface area contributed by atoms with Gasteiger partial charge in [0.1, 0.15) is 5.82 Å². The number of carbonyl (C=O) groups excluding carboxylic acids is 1. The molecule has 0 bridgehead atoms. The van der Waals surface area contributed by atoms with E-state index >= 15 is 0 Å². The monoisotopic (exact) mass is 291 g/mol. The standard InChI is InChI=1S/C12H10FN5O3/c13-8-1-7(2-14-3-8)11(19)17-4-9(5-17)18-6-10(12(20)21)15-16-18/h1-3,6,9H,4-5H2,(H,20,21). The molecule has 21 heavy (non-hydrogen) atoms. The van der Waals surface area contributed by atoms with Gasteiger partial charge in [0.15, 0.2) is 5.69 Å². The van der Waals surface area contributed by atoms with Crippen molar-refractivity contribution in [3.8, 4) is 0 Å². The van der Waals surface area contributed by atoms with Crippen LogP contribution in [0.1, 0.15) is 26.9 Å². The number of likely N-dealkylation sites (tertiary alicyclic amines) is 1. The lowest BCUT2D eigenvalue weighted by atomic mass is 10.1. The molecule has 0 aromatic carbocycles. The van der Waals surface area contributed by atoms with Gasteiger partial charge >= 0.3 is 5.97 Å². The molecule has 3 heterocycles. The Hall–Kier alpha value is -2.84. The Kier molecular flexibility index (Phi) is 3.09. The molecular weight excluding hydrogens is 281 g/mol. The summed E-state index contributed by atoms with van der Waals surface area (Å²) in [4.78, 5) is 27.9. The fourth-order valence-corrected chi connectivity index (χ4v) is 2.05. The van der Waals surface area contributed by atoms with Crippen LogP contribution in [0.25, 0.3) is 0 Å². The topological polar surface area (TPSA) is 101 Å². The average Bonchev–Trinajstić information content (AvgIpc) is 2.86. The normalized spacial score (nSPS) is 14.8. The van der Waals surface area contributed by atoms with Crippen molar-refractivity contribution in [2.75, 3.05) is 13.1 Å². The summed E-state index contributed by atoms with van der Waals surface area (Å²) in [6, 6.07) is 0.997. The van der Waals surface area contributed by atoms with Gasteiger partial charge in [0.25, 0.3) is 5.91 Å². The number of carbonyl (C=O) groups is 2. The molecule has 1 N–H and O–H groups in total. The summed E-state index contributed by atoms with van der Waals surface area (Å²) in [5, 5.41) is 16.0. The Balaban J connectivity index is 1.65. The van der Waals surface area contributed by atoms with Crippen LogP contribution in [0.5, 0.6) is 0 Å². The second-order valence-electron chi connectivity index (χ2n) is 4.64. The Morgan fingerprint density at radius 3 is 2.71 bits per heavy atom. The molecule has 2 aromatic heterocycles. The second-order valence-corrected chi connectivity index (χ2v) is 4.64. The minimum Gasteiger partial charge on any atom is -0.476 e. The zero-order valence-corrected chi connectivity index (χ0v) is 10.7. The van der Waals surface area contributed by atoms with Crippen molar-refractivity contribution in [3.63, 3.8) is 0 Å². The molecule has 0 radical (unpaired) electrons. The SMILES string of the molecule is O=C(O)c1cn(C2CN(C(=O)c3cncc(F)c3)C2)nn1. The third-order valence-corrected chi connectivity index (χ3v) is 3.20. The van der Waals surface area contributed by atoms with Crippen molar-refractivity contribution in [1.82, 2.24) is 24.9 Å². The van der Waals surface area contributed by atoms with Gasteiger partial charge in [0, 0.05) is 19.3 Å². The first-order valence-electron chi connectivity index (χ1n) is 6.09. The fourth-order valence-electron chi connectivity index (χ4n) is 2.05. The summed E-state index contributed by atoms with van der Waals surface area (Å²) in [5.41, 5.74) is 0.0346. The molecule has 0 saturated carbocycles. The molecule has 9 heteroatoms. The molecule has 0 spiro atoms. The summed E-state index contributed by atoms with van der Waals surface area (Å²) in [7, 11) is 0. The molecule has 1 aliphatic rings. The van der Waals surface area contributed by atoms with E-state index in [2.05, 4.69) is 15.3 Å². The molecule has 1 amide bonds. The van der Waals surface area contributed by atoms with Gasteiger partial charge in [-0.15, -0.1) is 5.10 Å². The van der Waals surface area contributed by atoms with Crippen LogP contribution in [0, 0.1) is 5.82 Å². The lowest BCUT2D eigenvalue weighted by Gasteiger charge is -2.38. The number of halogens is 1. The number of amides is 1. The Bertz CT molecular complexity index is 710. The average molecular weight is 291 g/mol. The highest BCUT2D eigenvalue weighted by atomic mass is 19.1. The van der Waals surface area contributed by atoms with Crippen molar-refractivity contribution in [3.05, 3.63) is 41.7 Å². The molecular formula is C12H10FN5O3. The Labute approximate surface area is 117 Å². The number of hydrogen-bond donors (Lipinski definition) is 1. The third-order valence-electron chi connectivity index (χ3n) is 3.20. The summed E-state index contributed by atoms with van der Waals surface area (Å²) >= 11 is 0. The van der Waals surface area contributed by atoms with Gasteiger partial charge in [-0.3, -0.25) is 9.78 Å². The fraction of sp³-hybridized carbons (Fsp3) is 0.250. The maximum atomic E-state index is 13.0. The van der Waals surface area contributed by atoms with Crippen LogP contribution in [0.2, 0.25) is 0 Å². The zero-order chi connectivity index (χ0) is 15.0. The van der Waals surface area contributed by atoms with Gasteiger partial charge < -0.3 is 10.0 Å². The summed E-state index contributed by atoms with van der Waals surface area (Å²) in [6.45, 7) is 0.718. The quantitative estimate of drug-likeness (QED) is 0.867. The second kappa shape index (κ2) is 4.93. The summed E-state index contributed by atoms with van der Waals surface area (Å²) in [5.74, 6) is -2.04. The first kappa shape index (κ1) is 13.2. The van der Waals surface area contributed by atoms with E-state index in [0.717, 1.165) is 12.3 Å². The number of carboxylic acid groups (broad SMARTS) is 1. The van der Waals surface area contributed by atoms with E-state index in [4.69, 9.17) is 5.11 Å². The lowest BCUT2D eigenvalue weighted by molar-refractivity contribution is 0.0496. The first-order valence-corrected chi connectivity index (χ1v) is 6.09. The van der Waals surface area contributed by atoms with Crippen LogP contribution in [0.15, 0.2) is 24.7 Å². The Morgan fingerprint density at radius 2 is 2.10 bits per heavy atom. The number of pyridine rings is 1. The molecule has 108 valence electrons. The molecule has 3 rings (SSSR count). The lowest BCUT2D eigenvalue weighted by Crippen LogP contribution is -2.50. The van der Waals surface area contributed by atoms with Gasteiger partial charge in [-0.25, -0.2) is 13.9 Å². The molecule has 0 atom stereocenters. The van der Waals surface area contributed by atoms with Gasteiger partial charge in [0.2, 0.25) is 0 Å². The molecule has 1 aliphatic heterocycles. The first-order chi connectivity index (χ1) is 10.0. The van der Waals surface area contributed by atoms with Crippen molar-refractivity contribution >= 4 is 11.9 Å². The van der Waals surface area contributed by atoms with Crippen LogP contribution < -0.4 is 0 Å². The van der Waals surface area contributed by atoms with Crippen LogP contribution in [-0.4, -0.2) is 55.0 Å². The van der Waals surface area contributed by atoms with E-state index in [-0.39, 0.29) is 23.2 Å². The molecule has 0 aliphatic carbocycles. The predicted molar refractivity (Wildman–Crippen MR) is 66.1 cm³/mol. The molecule has 8 nitrogen and oxygen atoms in total. The minimum absolute atomic E-state index is 0.129. The maximum absolute atomic E-state index is 13.0. The van der Waals surface area contributed by atoms with Crippen LogP contribution in [0.3, 0.4) is 0 Å². The van der Waals surface area contributed by atoms with Gasteiger partial charge in [-0.05, 0) is 6.07 Å². The number of carboxylic acids is 1. The van der Waals surface area contributed by atoms with E-state index in [0.29, 0.717) is 13.1 Å². The van der Waals surface area contributed by atoms with E-state index in [1.807, 2.05) is 0 Å². The van der Waals surface area contributed by atoms with E-state index in [1.54, 1.807) is 0 Å². The summed E-state index contributed by atoms with van der Waals surface area (Å²) < 4.78 is 14.4. The van der Waals surface area contributed by atoms with Crippen LogP contribution >= 0.6 is 0 Å². The Morgan fingerprint density at radius 1 is 1.33 bits per heavy atom. The van der Waals surface area contributed by atoms with Crippen molar-refractivity contribution < 1.29 is 19.1 Å². The van der Waals surface area contributed by atoms with Gasteiger partial charge in [0.05, 0.1) is 24.0 Å². The van der Waals surface area contributed by atoms with Crippen molar-refractivity contribution in [1.29, 1.82) is 0 Å². The number of aromatic nitrogens is 4. The van der Waals surface area contributed by atoms with Gasteiger partial charge in [-0.2, -0.15) is 0 Å². The van der Waals surface area contributed by atoms with Crippen molar-refractivity contribution in [2.45, 2.75) is 6.04 Å². The van der Waals surface area contributed by atoms with E-state index in [9.17, 15) is 14.0 Å². The minimum atomic E-state index is -1.15. The van der Waals surface area contributed by atoms with E-state index in [1.165, 1.54) is 22.0 Å². The highest BCUT2D eigenvalue weighted by molar-refractivity contribution is 5.94. The zero-order valence-electron chi connectivity index (χ0n) is 10.7. The largest absolute Gasteiger partial charge is 0.476 e. The number of rotatable bonds is 3. The van der Waals surface area contributed by atoms with E-state index < -0.39 is 11.8 Å². The number of aromatic carboxylic acids is 1. The molecule has 2 aromatic rings. The number of hydrogen-bond acceptors (Lipinski definition) is 5. The molecule has 1 fully saturated rings. The molecule has 1 saturated heterocycles.